The third kappa shape index (κ3) is 10.9. The van der Waals surface area contributed by atoms with Gasteiger partial charge in [-0.1, -0.05) is 25.5 Å². The maximum Gasteiger partial charge on any atom is 0.407 e. The number of carbonyl (C=O) groups is 3. The van der Waals surface area contributed by atoms with Gasteiger partial charge in [-0.25, -0.2) is 4.79 Å². The lowest BCUT2D eigenvalue weighted by Gasteiger charge is -2.19. The van der Waals surface area contributed by atoms with E-state index in [0.29, 0.717) is 18.7 Å². The molecule has 0 radical (unpaired) electrons. The van der Waals surface area contributed by atoms with Gasteiger partial charge in [-0.05, 0) is 44.9 Å². The van der Waals surface area contributed by atoms with Crippen LogP contribution in [0.25, 0.3) is 0 Å². The van der Waals surface area contributed by atoms with E-state index in [9.17, 15) is 14.4 Å². The van der Waals surface area contributed by atoms with E-state index in [4.69, 9.17) is 4.74 Å². The quantitative estimate of drug-likeness (QED) is 0.615. The van der Waals surface area contributed by atoms with Gasteiger partial charge in [0.2, 0.25) is 11.8 Å². The lowest BCUT2D eigenvalue weighted by molar-refractivity contribution is -0.121. The van der Waals surface area contributed by atoms with Crippen LogP contribution < -0.4 is 16.0 Å². The molecule has 0 aliphatic rings. The third-order valence-corrected chi connectivity index (χ3v) is 3.51. The Kier molecular flexibility index (Phi) is 9.33. The van der Waals surface area contributed by atoms with Crippen LogP contribution in [0.2, 0.25) is 0 Å². The predicted octanol–water partition coefficient (Wildman–Crippen LogP) is 3.35. The third-order valence-electron chi connectivity index (χ3n) is 3.51. The van der Waals surface area contributed by atoms with Crippen molar-refractivity contribution in [3.63, 3.8) is 0 Å². The van der Waals surface area contributed by atoms with Crippen molar-refractivity contribution in [2.24, 2.45) is 0 Å². The molecule has 0 saturated carbocycles. The van der Waals surface area contributed by atoms with Crippen molar-refractivity contribution in [3.8, 4) is 0 Å². The lowest BCUT2D eigenvalue weighted by Crippen LogP contribution is -2.34. The molecule has 3 amide bonds. The fourth-order valence-electron chi connectivity index (χ4n) is 2.15. The monoisotopic (exact) mass is 377 g/mol. The first kappa shape index (κ1) is 22.5. The molecule has 1 aromatic rings. The molecule has 0 aromatic heterocycles. The maximum absolute atomic E-state index is 11.9. The molecule has 1 aromatic carbocycles. The fourth-order valence-corrected chi connectivity index (χ4v) is 2.15. The van der Waals surface area contributed by atoms with Crippen LogP contribution in [0.15, 0.2) is 24.3 Å². The number of carbonyl (C=O) groups excluding carboxylic acids is 3. The Labute approximate surface area is 161 Å². The van der Waals surface area contributed by atoms with Gasteiger partial charge >= 0.3 is 6.09 Å². The van der Waals surface area contributed by atoms with Crippen LogP contribution in [0.4, 0.5) is 10.5 Å². The molecular weight excluding hydrogens is 346 g/mol. The zero-order valence-electron chi connectivity index (χ0n) is 16.7. The SMILES string of the molecule is CCCCC(=O)NCc1ccc(NC(=O)CCNC(=O)OC(C)(C)C)cc1. The minimum Gasteiger partial charge on any atom is -0.444 e. The molecule has 3 N–H and O–H groups in total. The van der Waals surface area contributed by atoms with E-state index in [-0.39, 0.29) is 24.8 Å². The number of anilines is 1. The molecular formula is C20H31N3O4. The van der Waals surface area contributed by atoms with Crippen LogP contribution >= 0.6 is 0 Å². The van der Waals surface area contributed by atoms with Gasteiger partial charge in [0.1, 0.15) is 5.60 Å². The van der Waals surface area contributed by atoms with E-state index < -0.39 is 11.7 Å². The van der Waals surface area contributed by atoms with Crippen LogP contribution in [0.5, 0.6) is 0 Å². The smallest absolute Gasteiger partial charge is 0.407 e. The van der Waals surface area contributed by atoms with Gasteiger partial charge in [-0.2, -0.15) is 0 Å². The number of amides is 3. The molecule has 0 unspecified atom stereocenters. The topological polar surface area (TPSA) is 96.5 Å². The summed E-state index contributed by atoms with van der Waals surface area (Å²) in [4.78, 5) is 35.0. The number of ether oxygens (including phenoxy) is 1. The molecule has 0 aliphatic heterocycles. The summed E-state index contributed by atoms with van der Waals surface area (Å²) in [5.41, 5.74) is 1.06. The summed E-state index contributed by atoms with van der Waals surface area (Å²) < 4.78 is 5.10. The highest BCUT2D eigenvalue weighted by Crippen LogP contribution is 2.10. The minimum atomic E-state index is -0.566. The minimum absolute atomic E-state index is 0.0479. The number of benzene rings is 1. The normalized spacial score (nSPS) is 10.8. The molecule has 1 rings (SSSR count). The van der Waals surface area contributed by atoms with Crippen LogP contribution in [0.1, 0.15) is 58.9 Å². The van der Waals surface area contributed by atoms with Gasteiger partial charge in [-0.15, -0.1) is 0 Å². The summed E-state index contributed by atoms with van der Waals surface area (Å²) in [6.45, 7) is 8.05. The van der Waals surface area contributed by atoms with Gasteiger partial charge in [0.25, 0.3) is 0 Å². The Hall–Kier alpha value is -2.57. The molecule has 150 valence electrons. The molecule has 0 aliphatic carbocycles. The van der Waals surface area contributed by atoms with E-state index in [1.54, 1.807) is 32.9 Å². The molecule has 27 heavy (non-hydrogen) atoms. The lowest BCUT2D eigenvalue weighted by atomic mass is 10.2. The Bertz CT molecular complexity index is 621. The second-order valence-corrected chi connectivity index (χ2v) is 7.30. The largest absolute Gasteiger partial charge is 0.444 e. The van der Waals surface area contributed by atoms with Crippen molar-refractivity contribution < 1.29 is 19.1 Å². The summed E-state index contributed by atoms with van der Waals surface area (Å²) in [6, 6.07) is 7.28. The molecule has 0 fully saturated rings. The molecule has 7 nitrogen and oxygen atoms in total. The van der Waals surface area contributed by atoms with Crippen molar-refractivity contribution in [2.45, 2.75) is 65.5 Å². The second kappa shape index (κ2) is 11.2. The number of nitrogens with one attached hydrogen (secondary N) is 3. The molecule has 7 heteroatoms. The maximum atomic E-state index is 11.9. The zero-order chi connectivity index (χ0) is 20.3. The highest BCUT2D eigenvalue weighted by Gasteiger charge is 2.15. The Balaban J connectivity index is 2.30. The Morgan fingerprint density at radius 3 is 2.22 bits per heavy atom. The number of rotatable bonds is 9. The highest BCUT2D eigenvalue weighted by atomic mass is 16.6. The van der Waals surface area contributed by atoms with E-state index in [1.807, 2.05) is 19.1 Å². The summed E-state index contributed by atoms with van der Waals surface area (Å²) >= 11 is 0. The summed E-state index contributed by atoms with van der Waals surface area (Å²) in [5, 5.41) is 8.18. The summed E-state index contributed by atoms with van der Waals surface area (Å²) in [6.07, 6.45) is 2.03. The van der Waals surface area contributed by atoms with Crippen molar-refractivity contribution in [2.75, 3.05) is 11.9 Å². The van der Waals surface area contributed by atoms with E-state index >= 15 is 0 Å². The first-order valence-corrected chi connectivity index (χ1v) is 9.32. The van der Waals surface area contributed by atoms with E-state index in [1.165, 1.54) is 0 Å². The van der Waals surface area contributed by atoms with Crippen molar-refractivity contribution >= 4 is 23.6 Å². The first-order chi connectivity index (χ1) is 12.7. The summed E-state index contributed by atoms with van der Waals surface area (Å²) in [7, 11) is 0. The standard InChI is InChI=1S/C20H31N3O4/c1-5-6-7-17(24)22-14-15-8-10-16(11-9-15)23-18(25)12-13-21-19(26)27-20(2,3)4/h8-11H,5-7,12-14H2,1-4H3,(H,21,26)(H,22,24)(H,23,25). The van der Waals surface area contributed by atoms with Crippen molar-refractivity contribution in [3.05, 3.63) is 29.8 Å². The van der Waals surface area contributed by atoms with E-state index in [0.717, 1.165) is 18.4 Å². The van der Waals surface area contributed by atoms with Crippen molar-refractivity contribution in [1.82, 2.24) is 10.6 Å². The van der Waals surface area contributed by atoms with Gasteiger partial charge < -0.3 is 20.7 Å². The molecule has 0 bridgehead atoms. The number of unbranched alkanes of at least 4 members (excludes halogenated alkanes) is 1. The zero-order valence-corrected chi connectivity index (χ0v) is 16.7. The van der Waals surface area contributed by atoms with Crippen LogP contribution in [0.3, 0.4) is 0 Å². The van der Waals surface area contributed by atoms with Gasteiger partial charge in [0.15, 0.2) is 0 Å². The fraction of sp³-hybridized carbons (Fsp3) is 0.550. The van der Waals surface area contributed by atoms with Crippen molar-refractivity contribution in [1.29, 1.82) is 0 Å². The highest BCUT2D eigenvalue weighted by molar-refractivity contribution is 5.91. The van der Waals surface area contributed by atoms with Gasteiger partial charge in [0.05, 0.1) is 0 Å². The number of hydrogen-bond donors (Lipinski definition) is 3. The molecule has 0 saturated heterocycles. The Morgan fingerprint density at radius 2 is 1.63 bits per heavy atom. The average Bonchev–Trinajstić information content (AvgIpc) is 2.57. The van der Waals surface area contributed by atoms with Crippen LogP contribution in [-0.2, 0) is 20.9 Å². The number of hydrogen-bond acceptors (Lipinski definition) is 4. The van der Waals surface area contributed by atoms with E-state index in [2.05, 4.69) is 16.0 Å². The predicted molar refractivity (Wildman–Crippen MR) is 105 cm³/mol. The number of alkyl carbamates (subject to hydrolysis) is 1. The van der Waals surface area contributed by atoms with Crippen LogP contribution in [-0.4, -0.2) is 30.1 Å². The average molecular weight is 377 g/mol. The summed E-state index contributed by atoms with van der Waals surface area (Å²) in [5.74, 6) is -0.154. The van der Waals surface area contributed by atoms with Crippen LogP contribution in [0, 0.1) is 0 Å². The molecule has 0 spiro atoms. The molecule has 0 atom stereocenters. The van der Waals surface area contributed by atoms with Gasteiger partial charge in [0, 0.05) is 31.6 Å². The van der Waals surface area contributed by atoms with Gasteiger partial charge in [-0.3, -0.25) is 9.59 Å². The second-order valence-electron chi connectivity index (χ2n) is 7.30. The molecule has 0 heterocycles. The first-order valence-electron chi connectivity index (χ1n) is 9.32. The Morgan fingerprint density at radius 1 is 0.963 bits per heavy atom.